The third-order valence-electron chi connectivity index (χ3n) is 5.24. The number of nitrogens with zero attached hydrogens (tertiary/aromatic N) is 1. The molecule has 1 aliphatic heterocycles. The summed E-state index contributed by atoms with van der Waals surface area (Å²) in [5.74, 6) is 0.147. The van der Waals surface area contributed by atoms with Crippen LogP contribution in [0.1, 0.15) is 44.9 Å². The van der Waals surface area contributed by atoms with Crippen molar-refractivity contribution in [2.75, 3.05) is 13.1 Å². The van der Waals surface area contributed by atoms with E-state index < -0.39 is 10.0 Å². The first-order chi connectivity index (χ1) is 12.4. The van der Waals surface area contributed by atoms with Gasteiger partial charge in [0.05, 0.1) is 14.9 Å². The fourth-order valence-electron chi connectivity index (χ4n) is 3.75. The molecule has 144 valence electrons. The molecule has 1 aromatic rings. The molecule has 3 rings (SSSR count). The average molecular weight is 419 g/mol. The first kappa shape index (κ1) is 19.9. The Morgan fingerprint density at radius 3 is 2.46 bits per heavy atom. The van der Waals surface area contributed by atoms with E-state index in [1.807, 2.05) is 0 Å². The van der Waals surface area contributed by atoms with Gasteiger partial charge in [-0.1, -0.05) is 42.5 Å². The highest BCUT2D eigenvalue weighted by Crippen LogP contribution is 2.28. The number of nitrogens with one attached hydrogen (secondary N) is 1. The molecule has 26 heavy (non-hydrogen) atoms. The SMILES string of the molecule is O=C(NC1CCCN(S(=O)(=O)c2ccc(Cl)c(Cl)c2)C1)C1CCCCC1. The number of amides is 1. The second kappa shape index (κ2) is 8.46. The first-order valence-electron chi connectivity index (χ1n) is 9.13. The molecule has 1 unspecified atom stereocenters. The first-order valence-corrected chi connectivity index (χ1v) is 11.3. The van der Waals surface area contributed by atoms with E-state index in [9.17, 15) is 13.2 Å². The van der Waals surface area contributed by atoms with E-state index in [1.165, 1.54) is 28.9 Å². The van der Waals surface area contributed by atoms with E-state index in [4.69, 9.17) is 23.2 Å². The van der Waals surface area contributed by atoms with Crippen LogP contribution >= 0.6 is 23.2 Å². The molecule has 0 aromatic heterocycles. The van der Waals surface area contributed by atoms with Gasteiger partial charge >= 0.3 is 0 Å². The van der Waals surface area contributed by atoms with Crippen LogP contribution in [0, 0.1) is 5.92 Å². The lowest BCUT2D eigenvalue weighted by Gasteiger charge is -2.33. The molecular formula is C18H24Cl2N2O3S. The van der Waals surface area contributed by atoms with Crippen molar-refractivity contribution in [2.24, 2.45) is 5.92 Å². The summed E-state index contributed by atoms with van der Waals surface area (Å²) in [7, 11) is -3.66. The molecule has 5 nitrogen and oxygen atoms in total. The van der Waals surface area contributed by atoms with Gasteiger partial charge in [-0.15, -0.1) is 0 Å². The van der Waals surface area contributed by atoms with E-state index in [-0.39, 0.29) is 27.8 Å². The summed E-state index contributed by atoms with van der Waals surface area (Å²) in [5.41, 5.74) is 0. The second-order valence-electron chi connectivity index (χ2n) is 7.12. The topological polar surface area (TPSA) is 66.5 Å². The molecule has 1 N–H and O–H groups in total. The zero-order valence-electron chi connectivity index (χ0n) is 14.6. The minimum absolute atomic E-state index is 0.0727. The van der Waals surface area contributed by atoms with Gasteiger partial charge in [-0.3, -0.25) is 4.79 Å². The molecule has 1 heterocycles. The molecule has 1 aromatic carbocycles. The van der Waals surface area contributed by atoms with Crippen molar-refractivity contribution in [1.29, 1.82) is 0 Å². The van der Waals surface area contributed by atoms with Crippen LogP contribution in [0.5, 0.6) is 0 Å². The Morgan fingerprint density at radius 2 is 1.77 bits per heavy atom. The minimum atomic E-state index is -3.66. The molecular weight excluding hydrogens is 395 g/mol. The Hall–Kier alpha value is -0.820. The highest BCUT2D eigenvalue weighted by molar-refractivity contribution is 7.89. The largest absolute Gasteiger partial charge is 0.352 e. The van der Waals surface area contributed by atoms with Crippen molar-refractivity contribution < 1.29 is 13.2 Å². The minimum Gasteiger partial charge on any atom is -0.352 e. The van der Waals surface area contributed by atoms with Gasteiger partial charge in [0.1, 0.15) is 0 Å². The molecule has 1 saturated heterocycles. The number of piperidine rings is 1. The second-order valence-corrected chi connectivity index (χ2v) is 9.87. The van der Waals surface area contributed by atoms with Crippen molar-refractivity contribution >= 4 is 39.1 Å². The summed E-state index contributed by atoms with van der Waals surface area (Å²) < 4.78 is 27.2. The van der Waals surface area contributed by atoms with E-state index in [1.54, 1.807) is 0 Å². The van der Waals surface area contributed by atoms with Gasteiger partial charge in [0.15, 0.2) is 0 Å². The standard InChI is InChI=1S/C18H24Cl2N2O3S/c19-16-9-8-15(11-17(16)20)26(24,25)22-10-4-7-14(12-22)21-18(23)13-5-2-1-3-6-13/h8-9,11,13-14H,1-7,10,12H2,(H,21,23). The third-order valence-corrected chi connectivity index (χ3v) is 7.84. The van der Waals surface area contributed by atoms with Crippen LogP contribution < -0.4 is 5.32 Å². The summed E-state index contributed by atoms with van der Waals surface area (Å²) in [6, 6.07) is 4.19. The number of hydrogen-bond donors (Lipinski definition) is 1. The Labute approximate surface area is 165 Å². The molecule has 8 heteroatoms. The van der Waals surface area contributed by atoms with Crippen molar-refractivity contribution in [1.82, 2.24) is 9.62 Å². The van der Waals surface area contributed by atoms with E-state index >= 15 is 0 Å². The molecule has 1 amide bonds. The van der Waals surface area contributed by atoms with Crippen molar-refractivity contribution in [3.8, 4) is 0 Å². The maximum Gasteiger partial charge on any atom is 0.243 e. The maximum absolute atomic E-state index is 12.9. The molecule has 1 atom stereocenters. The van der Waals surface area contributed by atoms with Crippen LogP contribution in [0.3, 0.4) is 0 Å². The smallest absolute Gasteiger partial charge is 0.243 e. The Morgan fingerprint density at radius 1 is 1.04 bits per heavy atom. The van der Waals surface area contributed by atoms with Crippen LogP contribution in [0.15, 0.2) is 23.1 Å². The summed E-state index contributed by atoms with van der Waals surface area (Å²) >= 11 is 11.9. The summed E-state index contributed by atoms with van der Waals surface area (Å²) in [6.45, 7) is 0.736. The molecule has 0 bridgehead atoms. The Balaban J connectivity index is 1.67. The van der Waals surface area contributed by atoms with Gasteiger partial charge in [-0.25, -0.2) is 8.42 Å². The van der Waals surface area contributed by atoms with Gasteiger partial charge in [0.25, 0.3) is 0 Å². The molecule has 0 spiro atoms. The summed E-state index contributed by atoms with van der Waals surface area (Å²) in [4.78, 5) is 12.6. The monoisotopic (exact) mass is 418 g/mol. The van der Waals surface area contributed by atoms with Crippen LogP contribution in [0.4, 0.5) is 0 Å². The molecule has 1 saturated carbocycles. The average Bonchev–Trinajstić information content (AvgIpc) is 2.65. The summed E-state index contributed by atoms with van der Waals surface area (Å²) in [5, 5.41) is 3.61. The highest BCUT2D eigenvalue weighted by atomic mass is 35.5. The highest BCUT2D eigenvalue weighted by Gasteiger charge is 2.32. The van der Waals surface area contributed by atoms with Gasteiger partial charge < -0.3 is 5.32 Å². The predicted octanol–water partition coefficient (Wildman–Crippen LogP) is 3.84. The van der Waals surface area contributed by atoms with Crippen LogP contribution in [0.25, 0.3) is 0 Å². The van der Waals surface area contributed by atoms with E-state index in [0.717, 1.165) is 38.5 Å². The molecule has 0 radical (unpaired) electrons. The van der Waals surface area contributed by atoms with E-state index in [2.05, 4.69) is 5.32 Å². The fourth-order valence-corrected chi connectivity index (χ4v) is 5.66. The van der Waals surface area contributed by atoms with Crippen molar-refractivity contribution in [2.45, 2.75) is 55.9 Å². The fraction of sp³-hybridized carbons (Fsp3) is 0.611. The van der Waals surface area contributed by atoms with Crippen molar-refractivity contribution in [3.05, 3.63) is 28.2 Å². The maximum atomic E-state index is 12.9. The zero-order chi connectivity index (χ0) is 18.7. The molecule has 1 aliphatic carbocycles. The third kappa shape index (κ3) is 4.53. The quantitative estimate of drug-likeness (QED) is 0.807. The molecule has 2 fully saturated rings. The van der Waals surface area contributed by atoms with Gasteiger partial charge in [-0.2, -0.15) is 4.31 Å². The number of halogens is 2. The number of carbonyl (C=O) groups excluding carboxylic acids is 1. The van der Waals surface area contributed by atoms with Crippen molar-refractivity contribution in [3.63, 3.8) is 0 Å². The summed E-state index contributed by atoms with van der Waals surface area (Å²) in [6.07, 6.45) is 6.78. The van der Waals surface area contributed by atoms with Gasteiger partial charge in [0, 0.05) is 25.0 Å². The Kier molecular flexibility index (Phi) is 6.49. The van der Waals surface area contributed by atoms with Crippen LogP contribution in [-0.2, 0) is 14.8 Å². The lowest BCUT2D eigenvalue weighted by Crippen LogP contribution is -2.50. The normalized spacial score (nSPS) is 22.9. The molecule has 2 aliphatic rings. The van der Waals surface area contributed by atoms with Gasteiger partial charge in [-0.05, 0) is 43.9 Å². The lowest BCUT2D eigenvalue weighted by molar-refractivity contribution is -0.126. The van der Waals surface area contributed by atoms with Gasteiger partial charge in [0.2, 0.25) is 15.9 Å². The number of carbonyl (C=O) groups is 1. The number of sulfonamides is 1. The van der Waals surface area contributed by atoms with Crippen LogP contribution in [0.2, 0.25) is 10.0 Å². The number of benzene rings is 1. The number of hydrogen-bond acceptors (Lipinski definition) is 3. The van der Waals surface area contributed by atoms with Crippen LogP contribution in [-0.4, -0.2) is 37.8 Å². The predicted molar refractivity (Wildman–Crippen MR) is 103 cm³/mol. The lowest BCUT2D eigenvalue weighted by atomic mass is 9.88. The van der Waals surface area contributed by atoms with E-state index in [0.29, 0.717) is 18.1 Å². The zero-order valence-corrected chi connectivity index (χ0v) is 16.9. The number of rotatable bonds is 4. The Bertz CT molecular complexity index is 764.